The lowest BCUT2D eigenvalue weighted by Crippen LogP contribution is -2.64. The van der Waals surface area contributed by atoms with E-state index in [0.717, 1.165) is 41.8 Å². The number of aliphatic carboxylic acids is 2. The molecule has 4 aromatic carbocycles. The maximum atomic E-state index is 13.7. The summed E-state index contributed by atoms with van der Waals surface area (Å²) >= 11 is 0. The van der Waals surface area contributed by atoms with Gasteiger partial charge in [0.05, 0.1) is 24.1 Å². The largest absolute Gasteiger partial charge is 0.504 e. The molecule has 0 radical (unpaired) electrons. The molecule has 2 aliphatic carbocycles. The van der Waals surface area contributed by atoms with Crippen molar-refractivity contribution >= 4 is 29.4 Å². The minimum Gasteiger partial charge on any atom is -0.504 e. The van der Waals surface area contributed by atoms with E-state index >= 15 is 0 Å². The van der Waals surface area contributed by atoms with Gasteiger partial charge in [0, 0.05) is 79.0 Å². The summed E-state index contributed by atoms with van der Waals surface area (Å²) < 4.78 is 87.5. The average molecular weight is 1080 g/mol. The molecule has 2 unspecified atom stereocenters. The number of ether oxygens (including phenoxy) is 1. The van der Waals surface area contributed by atoms with Crippen LogP contribution < -0.4 is 10.1 Å². The number of carboxylic acid groups (broad SMARTS) is 2. The molecule has 2 amide bonds. The van der Waals surface area contributed by atoms with Crippen molar-refractivity contribution in [3.8, 4) is 11.5 Å². The predicted molar refractivity (Wildman–Crippen MR) is 270 cm³/mol. The monoisotopic (exact) mass is 1080 g/mol. The molecule has 414 valence electrons. The molecule has 77 heavy (non-hydrogen) atoms. The van der Waals surface area contributed by atoms with Crippen molar-refractivity contribution in [3.05, 3.63) is 136 Å². The van der Waals surface area contributed by atoms with Crippen LogP contribution in [0.4, 0.5) is 32.0 Å². The van der Waals surface area contributed by atoms with Crippen molar-refractivity contribution in [2.24, 2.45) is 5.92 Å². The fourth-order valence-corrected chi connectivity index (χ4v) is 12.1. The Hall–Kier alpha value is -6.52. The van der Waals surface area contributed by atoms with E-state index in [-0.39, 0.29) is 48.4 Å². The van der Waals surface area contributed by atoms with Crippen LogP contribution in [-0.2, 0) is 45.0 Å². The zero-order valence-corrected chi connectivity index (χ0v) is 42.7. The number of rotatable bonds is 10. The Morgan fingerprint density at radius 3 is 2.08 bits per heavy atom. The average Bonchev–Trinajstić information content (AvgIpc) is 3.99. The fourth-order valence-electron chi connectivity index (χ4n) is 12.1. The molecule has 8 atom stereocenters. The molecule has 3 saturated heterocycles. The van der Waals surface area contributed by atoms with Crippen LogP contribution in [0.25, 0.3) is 0 Å². The lowest BCUT2D eigenvalue weighted by Gasteiger charge is -2.56. The normalized spacial score (nSPS) is 25.2. The van der Waals surface area contributed by atoms with Gasteiger partial charge in [-0.25, -0.2) is 4.79 Å². The van der Waals surface area contributed by atoms with Gasteiger partial charge in [-0.2, -0.15) is 26.3 Å². The molecule has 10 rings (SSSR count). The third-order valence-electron chi connectivity index (χ3n) is 15.9. The number of alkyl halides is 6. The minimum atomic E-state index is -5.05. The first-order valence-corrected chi connectivity index (χ1v) is 25.5. The van der Waals surface area contributed by atoms with Gasteiger partial charge >= 0.3 is 24.3 Å². The summed E-state index contributed by atoms with van der Waals surface area (Å²) in [5.74, 6) is -2.59. The number of carbonyl (C=O) groups excluding carboxylic acids is 2. The standard InChI is InChI=1S/C35H38F6N4O2.C17H19NO3.C4H6O5/c1-23-7-6-8-24(2)32(23)42-31(46)22-43-13-15-44(16-14-43)29-11-12-45(30(21-29)17-25-9-4-3-5-10-25)33(47)26-18-27(34(36,37)38)20-28(19-26)35(39,40)41;1-18-7-6-17-10-3-5-13(20)16(17)21-15-12(19)4-2-9(14(15)17)8-11(10)18;5-2(4(8)9)1-3(6)7/h3-10,18-20,29-30H,11-17,21-22H2,1-2H3,(H,42,46);2-5,10-11,13,16,19-20H,6-8H2,1H3;2,5H,1H2,(H,6,7)(H,8,9)/t;10-,11+,13-,16-,17-;2-/m.00/s1. The van der Waals surface area contributed by atoms with Crippen LogP contribution >= 0.6 is 0 Å². The molecule has 6 aliphatic rings. The van der Waals surface area contributed by atoms with Crippen LogP contribution in [0.15, 0.2) is 91.0 Å². The summed E-state index contributed by atoms with van der Waals surface area (Å²) in [6.45, 7) is 8.05. The summed E-state index contributed by atoms with van der Waals surface area (Å²) in [5, 5.41) is 47.8. The molecule has 2 bridgehead atoms. The summed E-state index contributed by atoms with van der Waals surface area (Å²) in [7, 11) is 2.19. The number of phenolic OH excluding ortho intramolecular Hbond substituents is 1. The van der Waals surface area contributed by atoms with Gasteiger partial charge in [-0.3, -0.25) is 24.2 Å². The number of aromatic hydroxyl groups is 1. The number of nitrogens with zero attached hydrogens (tertiary/aromatic N) is 4. The van der Waals surface area contributed by atoms with Crippen molar-refractivity contribution in [2.45, 2.75) is 107 Å². The van der Waals surface area contributed by atoms with Crippen molar-refractivity contribution in [2.75, 3.05) is 58.2 Å². The number of aliphatic hydroxyl groups excluding tert-OH is 2. The minimum absolute atomic E-state index is 0.0392. The molecular weight excluding hydrogens is 1020 g/mol. The van der Waals surface area contributed by atoms with Gasteiger partial charge in [0.15, 0.2) is 17.6 Å². The molecular formula is C56H63F6N5O10. The summed E-state index contributed by atoms with van der Waals surface area (Å²) in [6.07, 6.45) is -6.01. The highest BCUT2D eigenvalue weighted by atomic mass is 19.4. The van der Waals surface area contributed by atoms with Crippen LogP contribution in [0.1, 0.15) is 75.0 Å². The highest BCUT2D eigenvalue weighted by molar-refractivity contribution is 5.95. The van der Waals surface area contributed by atoms with E-state index in [0.29, 0.717) is 75.3 Å². The molecule has 15 nitrogen and oxygen atoms in total. The number of amides is 2. The van der Waals surface area contributed by atoms with Crippen molar-refractivity contribution in [1.82, 2.24) is 19.6 Å². The van der Waals surface area contributed by atoms with Gasteiger partial charge in [-0.1, -0.05) is 66.7 Å². The van der Waals surface area contributed by atoms with E-state index in [2.05, 4.69) is 33.1 Å². The van der Waals surface area contributed by atoms with E-state index in [9.17, 15) is 55.7 Å². The maximum absolute atomic E-state index is 13.7. The van der Waals surface area contributed by atoms with Gasteiger partial charge < -0.3 is 45.4 Å². The topological polar surface area (TPSA) is 204 Å². The first-order chi connectivity index (χ1) is 36.3. The Morgan fingerprint density at radius 1 is 0.831 bits per heavy atom. The number of benzene rings is 4. The van der Waals surface area contributed by atoms with Crippen LogP contribution in [-0.4, -0.2) is 158 Å². The maximum Gasteiger partial charge on any atom is 0.416 e. The highest BCUT2D eigenvalue weighted by Gasteiger charge is 2.64. The number of carbonyl (C=O) groups is 4. The summed E-state index contributed by atoms with van der Waals surface area (Å²) in [6, 6.07) is 20.1. The Kier molecular flexibility index (Phi) is 16.8. The van der Waals surface area contributed by atoms with Crippen LogP contribution in [0, 0.1) is 19.8 Å². The zero-order chi connectivity index (χ0) is 55.7. The number of nitrogens with one attached hydrogen (secondary N) is 1. The highest BCUT2D eigenvalue weighted by Crippen LogP contribution is 2.62. The lowest BCUT2D eigenvalue weighted by atomic mass is 9.53. The number of piperidine rings is 2. The molecule has 0 saturated carbocycles. The van der Waals surface area contributed by atoms with Gasteiger partial charge in [0.25, 0.3) is 5.91 Å². The number of likely N-dealkylation sites (N-methyl/N-ethyl adjacent to an activating group) is 1. The van der Waals surface area contributed by atoms with Crippen LogP contribution in [0.2, 0.25) is 0 Å². The van der Waals surface area contributed by atoms with E-state index in [1.54, 1.807) is 6.07 Å². The van der Waals surface area contributed by atoms with E-state index in [1.165, 1.54) is 16.0 Å². The molecule has 1 spiro atoms. The number of aliphatic hydroxyl groups is 2. The Bertz CT molecular complexity index is 2810. The third-order valence-corrected chi connectivity index (χ3v) is 15.9. The number of carboxylic acids is 2. The van der Waals surface area contributed by atoms with E-state index in [4.69, 9.17) is 20.1 Å². The Balaban J connectivity index is 0.000000211. The van der Waals surface area contributed by atoms with Crippen molar-refractivity contribution in [1.29, 1.82) is 0 Å². The first-order valence-electron chi connectivity index (χ1n) is 25.5. The molecule has 4 aliphatic heterocycles. The second kappa shape index (κ2) is 22.8. The summed E-state index contributed by atoms with van der Waals surface area (Å²) in [5.41, 5.74) is 2.36. The molecule has 4 aromatic rings. The predicted octanol–water partition coefficient (Wildman–Crippen LogP) is 6.92. The quantitative estimate of drug-likeness (QED) is 0.0707. The number of halogens is 6. The Morgan fingerprint density at radius 2 is 1.48 bits per heavy atom. The van der Waals surface area contributed by atoms with Crippen LogP contribution in [0.5, 0.6) is 11.5 Å². The number of hydrogen-bond donors (Lipinski definition) is 6. The van der Waals surface area contributed by atoms with Gasteiger partial charge in [-0.15, -0.1) is 0 Å². The number of likely N-dealkylation sites (tertiary alicyclic amines) is 2. The van der Waals surface area contributed by atoms with Gasteiger partial charge in [0.2, 0.25) is 5.91 Å². The molecule has 6 N–H and O–H groups in total. The number of para-hydroxylation sites is 1. The second-order valence-electron chi connectivity index (χ2n) is 20.8. The number of aryl methyl sites for hydroxylation is 2. The molecule has 0 aromatic heterocycles. The fraction of sp³-hybridized carbons (Fsp3) is 0.464. The zero-order valence-electron chi connectivity index (χ0n) is 42.7. The van der Waals surface area contributed by atoms with Crippen molar-refractivity contribution in [3.63, 3.8) is 0 Å². The van der Waals surface area contributed by atoms with Crippen LogP contribution in [0.3, 0.4) is 0 Å². The van der Waals surface area contributed by atoms with E-state index in [1.807, 2.05) is 74.5 Å². The van der Waals surface area contributed by atoms with Crippen molar-refractivity contribution < 1.29 is 75.8 Å². The molecule has 4 heterocycles. The summed E-state index contributed by atoms with van der Waals surface area (Å²) in [4.78, 5) is 54.2. The first kappa shape index (κ1) is 56.7. The SMILES string of the molecule is CN1CC[C@]23c4c5ccc(O)c4O[C@H]2[C@@H](O)C=C[C@H]3[C@H]1C5.Cc1cccc(C)c1NC(=O)CN1CCN(C2CCN(C(=O)c3cc(C(F)(F)F)cc(C(F)(F)F)c3)C(Cc3ccccc3)C2)CC1.O=C(O)C[C@H](O)C(=O)O. The second-order valence-corrected chi connectivity index (χ2v) is 20.8. The number of phenols is 1. The lowest BCUT2D eigenvalue weighted by molar-refractivity contribution is -0.152. The van der Waals surface area contributed by atoms with Gasteiger partial charge in [-0.05, 0) is 106 Å². The van der Waals surface area contributed by atoms with E-state index < -0.39 is 71.6 Å². The third kappa shape index (κ3) is 12.3. The number of hydrogen-bond acceptors (Lipinski definition) is 11. The molecule has 21 heteroatoms. The molecule has 3 fully saturated rings. The smallest absolute Gasteiger partial charge is 0.416 e. The Labute approximate surface area is 441 Å². The van der Waals surface area contributed by atoms with Gasteiger partial charge in [0.1, 0.15) is 12.2 Å². The number of piperazine rings is 1. The number of anilines is 1.